The van der Waals surface area contributed by atoms with Gasteiger partial charge in [-0.25, -0.2) is 0 Å². The van der Waals surface area contributed by atoms with Gasteiger partial charge in [0.1, 0.15) is 11.5 Å². The van der Waals surface area contributed by atoms with Crippen LogP contribution in [0.2, 0.25) is 0 Å². The van der Waals surface area contributed by atoms with E-state index in [0.717, 1.165) is 5.56 Å². The normalized spacial score (nSPS) is 25.8. The molecule has 0 aliphatic carbocycles. The topological polar surface area (TPSA) is 40.6 Å². The van der Waals surface area contributed by atoms with Gasteiger partial charge in [0.25, 0.3) is 0 Å². The molecule has 5 heteroatoms. The van der Waals surface area contributed by atoms with Crippen LogP contribution in [0, 0.1) is 0 Å². The predicted octanol–water partition coefficient (Wildman–Crippen LogP) is 1.54. The van der Waals surface area contributed by atoms with Crippen LogP contribution in [0.4, 0.5) is 0 Å². The molecule has 0 spiro atoms. The number of fused-ring (bicyclic) bond motifs is 1. The highest BCUT2D eigenvalue weighted by molar-refractivity contribution is 6.27. The van der Waals surface area contributed by atoms with Crippen molar-refractivity contribution in [1.82, 2.24) is 9.80 Å². The highest BCUT2D eigenvalue weighted by Crippen LogP contribution is 2.45. The zero-order valence-electron chi connectivity index (χ0n) is 10.5. The van der Waals surface area contributed by atoms with Crippen molar-refractivity contribution in [2.45, 2.75) is 18.5 Å². The summed E-state index contributed by atoms with van der Waals surface area (Å²) in [7, 11) is 0. The summed E-state index contributed by atoms with van der Waals surface area (Å²) in [6, 6.07) is 9.76. The maximum atomic E-state index is 12.1. The Kier molecular flexibility index (Phi) is 2.97. The second-order valence-corrected chi connectivity index (χ2v) is 5.17. The van der Waals surface area contributed by atoms with E-state index in [1.807, 2.05) is 35.2 Å². The van der Waals surface area contributed by atoms with Crippen molar-refractivity contribution in [2.24, 2.45) is 0 Å². The summed E-state index contributed by atoms with van der Waals surface area (Å²) in [5.41, 5.74) is 0.390. The van der Waals surface area contributed by atoms with Gasteiger partial charge >= 0.3 is 0 Å². The third kappa shape index (κ3) is 1.66. The summed E-state index contributed by atoms with van der Waals surface area (Å²) in [5, 5.41) is 0. The Morgan fingerprint density at radius 1 is 1.26 bits per heavy atom. The number of carbonyl (C=O) groups is 2. The Morgan fingerprint density at radius 2 is 2.00 bits per heavy atom. The number of carbonyl (C=O) groups excluding carboxylic acids is 2. The molecule has 3 rings (SSSR count). The largest absolute Gasteiger partial charge is 0.314 e. The van der Waals surface area contributed by atoms with Gasteiger partial charge < -0.3 is 9.80 Å². The van der Waals surface area contributed by atoms with E-state index in [1.54, 1.807) is 4.90 Å². The molecule has 2 aliphatic heterocycles. The number of halogens is 1. The second-order valence-electron chi connectivity index (χ2n) is 4.91. The van der Waals surface area contributed by atoms with E-state index in [-0.39, 0.29) is 17.7 Å². The first-order valence-corrected chi connectivity index (χ1v) is 6.96. The summed E-state index contributed by atoms with van der Waals surface area (Å²) in [5.74, 6) is -0.0344. The molecule has 0 saturated carbocycles. The number of rotatable bonds is 2. The molecule has 1 aromatic rings. The van der Waals surface area contributed by atoms with Crippen molar-refractivity contribution in [3.63, 3.8) is 0 Å². The average Bonchev–Trinajstić information content (AvgIpc) is 2.99. The first kappa shape index (κ1) is 12.5. The number of hydrogen-bond acceptors (Lipinski definition) is 2. The van der Waals surface area contributed by atoms with Crippen LogP contribution in [0.1, 0.15) is 18.4 Å². The van der Waals surface area contributed by atoms with E-state index in [9.17, 15) is 9.59 Å². The molecular weight excluding hydrogens is 264 g/mol. The molecule has 1 aromatic carbocycles. The molecule has 2 heterocycles. The monoisotopic (exact) mass is 278 g/mol. The second kappa shape index (κ2) is 4.53. The van der Waals surface area contributed by atoms with Gasteiger partial charge in [-0.1, -0.05) is 30.3 Å². The summed E-state index contributed by atoms with van der Waals surface area (Å²) >= 11 is 5.71. The van der Waals surface area contributed by atoms with Gasteiger partial charge in [-0.3, -0.25) is 9.59 Å². The molecule has 2 aliphatic rings. The summed E-state index contributed by atoms with van der Waals surface area (Å²) < 4.78 is 0. The van der Waals surface area contributed by atoms with Gasteiger partial charge in [0.15, 0.2) is 0 Å². The zero-order chi connectivity index (χ0) is 13.5. The standard InChI is InChI=1S/C14H15ClN2O2/c15-10-13(19)17-9-8-16-12(18)6-7-14(16,17)11-4-2-1-3-5-11/h1-5H,6-10H2. The lowest BCUT2D eigenvalue weighted by molar-refractivity contribution is -0.140. The van der Waals surface area contributed by atoms with Crippen LogP contribution in [0.3, 0.4) is 0 Å². The summed E-state index contributed by atoms with van der Waals surface area (Å²) in [6.07, 6.45) is 1.14. The Labute approximate surface area is 116 Å². The van der Waals surface area contributed by atoms with Gasteiger partial charge in [0.05, 0.1) is 0 Å². The van der Waals surface area contributed by atoms with Gasteiger partial charge in [0, 0.05) is 25.9 Å². The van der Waals surface area contributed by atoms with Crippen LogP contribution in [0.15, 0.2) is 30.3 Å². The van der Waals surface area contributed by atoms with Crippen LogP contribution in [-0.4, -0.2) is 40.6 Å². The number of nitrogens with zero attached hydrogens (tertiary/aromatic N) is 2. The zero-order valence-corrected chi connectivity index (χ0v) is 11.3. The van der Waals surface area contributed by atoms with E-state index in [4.69, 9.17) is 11.6 Å². The maximum Gasteiger partial charge on any atom is 0.239 e. The maximum absolute atomic E-state index is 12.1. The van der Waals surface area contributed by atoms with Crippen LogP contribution < -0.4 is 0 Å². The lowest BCUT2D eigenvalue weighted by atomic mass is 9.95. The van der Waals surface area contributed by atoms with Gasteiger partial charge in [0.2, 0.25) is 11.8 Å². The van der Waals surface area contributed by atoms with Crippen LogP contribution >= 0.6 is 11.6 Å². The van der Waals surface area contributed by atoms with E-state index in [2.05, 4.69) is 0 Å². The molecule has 1 unspecified atom stereocenters. The summed E-state index contributed by atoms with van der Waals surface area (Å²) in [4.78, 5) is 27.7. The number of amides is 2. The smallest absolute Gasteiger partial charge is 0.239 e. The Balaban J connectivity index is 2.10. The first-order chi connectivity index (χ1) is 9.20. The van der Waals surface area contributed by atoms with Crippen LogP contribution in [0.25, 0.3) is 0 Å². The molecule has 0 bridgehead atoms. The van der Waals surface area contributed by atoms with E-state index in [1.165, 1.54) is 0 Å². The predicted molar refractivity (Wildman–Crippen MR) is 71.5 cm³/mol. The van der Waals surface area contributed by atoms with E-state index < -0.39 is 5.66 Å². The van der Waals surface area contributed by atoms with Crippen molar-refractivity contribution in [3.05, 3.63) is 35.9 Å². The fourth-order valence-electron chi connectivity index (χ4n) is 3.30. The molecular formula is C14H15ClN2O2. The van der Waals surface area contributed by atoms with Crippen molar-refractivity contribution >= 4 is 23.4 Å². The molecule has 4 nitrogen and oxygen atoms in total. The third-order valence-corrected chi connectivity index (χ3v) is 4.31. The minimum absolute atomic E-state index is 0.0450. The number of alkyl halides is 1. The minimum atomic E-state index is -0.607. The molecule has 0 radical (unpaired) electrons. The average molecular weight is 279 g/mol. The molecule has 100 valence electrons. The van der Waals surface area contributed by atoms with Crippen molar-refractivity contribution in [2.75, 3.05) is 19.0 Å². The van der Waals surface area contributed by atoms with Crippen molar-refractivity contribution < 1.29 is 9.59 Å². The highest BCUT2D eigenvalue weighted by atomic mass is 35.5. The first-order valence-electron chi connectivity index (χ1n) is 6.42. The van der Waals surface area contributed by atoms with Crippen LogP contribution in [0.5, 0.6) is 0 Å². The van der Waals surface area contributed by atoms with E-state index >= 15 is 0 Å². The molecule has 19 heavy (non-hydrogen) atoms. The molecule has 2 fully saturated rings. The minimum Gasteiger partial charge on any atom is -0.314 e. The molecule has 2 saturated heterocycles. The quantitative estimate of drug-likeness (QED) is 0.770. The van der Waals surface area contributed by atoms with Crippen molar-refractivity contribution in [3.8, 4) is 0 Å². The highest BCUT2D eigenvalue weighted by Gasteiger charge is 2.55. The van der Waals surface area contributed by atoms with Crippen LogP contribution in [-0.2, 0) is 15.3 Å². The number of hydrogen-bond donors (Lipinski definition) is 0. The Morgan fingerprint density at radius 3 is 2.68 bits per heavy atom. The lowest BCUT2D eigenvalue weighted by Crippen LogP contribution is -2.50. The molecule has 0 N–H and O–H groups in total. The summed E-state index contributed by atoms with van der Waals surface area (Å²) in [6.45, 7) is 1.16. The molecule has 1 atom stereocenters. The fourth-order valence-corrected chi connectivity index (χ4v) is 3.44. The fraction of sp³-hybridized carbons (Fsp3) is 0.429. The number of benzene rings is 1. The van der Waals surface area contributed by atoms with Gasteiger partial charge in [-0.2, -0.15) is 0 Å². The van der Waals surface area contributed by atoms with Gasteiger partial charge in [-0.15, -0.1) is 11.6 Å². The van der Waals surface area contributed by atoms with Gasteiger partial charge in [-0.05, 0) is 5.56 Å². The van der Waals surface area contributed by atoms with Crippen molar-refractivity contribution in [1.29, 1.82) is 0 Å². The molecule has 2 amide bonds. The Hall–Kier alpha value is -1.55. The lowest BCUT2D eigenvalue weighted by Gasteiger charge is -2.39. The third-order valence-electron chi connectivity index (χ3n) is 4.08. The molecule has 0 aromatic heterocycles. The Bertz CT molecular complexity index is 519. The SMILES string of the molecule is O=C(CCl)N1CCN2C(=O)CCC12c1ccccc1. The van der Waals surface area contributed by atoms with E-state index in [0.29, 0.717) is 25.9 Å².